The Morgan fingerprint density at radius 3 is 2.28 bits per heavy atom. The van der Waals surface area contributed by atoms with Gasteiger partial charge in [-0.2, -0.15) is 0 Å². The summed E-state index contributed by atoms with van der Waals surface area (Å²) in [5, 5.41) is 9.23. The molecule has 0 spiro atoms. The lowest BCUT2D eigenvalue weighted by molar-refractivity contribution is 0.0367. The first-order valence-electron chi connectivity index (χ1n) is 7.09. The van der Waals surface area contributed by atoms with Gasteiger partial charge < -0.3 is 5.11 Å². The number of nitrogens with zero attached hydrogens (tertiary/aromatic N) is 1. The van der Waals surface area contributed by atoms with E-state index in [-0.39, 0.29) is 6.10 Å². The average Bonchev–Trinajstić information content (AvgIpc) is 2.27. The van der Waals surface area contributed by atoms with Crippen LogP contribution in [0.25, 0.3) is 0 Å². The second kappa shape index (κ2) is 5.88. The quantitative estimate of drug-likeness (QED) is 0.829. The number of hydrogen-bond acceptors (Lipinski definition) is 3. The third-order valence-corrected chi connectivity index (χ3v) is 6.36. The number of sulfonamides is 1. The van der Waals surface area contributed by atoms with Crippen molar-refractivity contribution in [2.45, 2.75) is 51.0 Å². The van der Waals surface area contributed by atoms with Crippen LogP contribution >= 0.6 is 0 Å². The topological polar surface area (TPSA) is 57.6 Å². The van der Waals surface area contributed by atoms with Gasteiger partial charge in [-0.15, -0.1) is 0 Å². The minimum atomic E-state index is -3.10. The Morgan fingerprint density at radius 1 is 1.11 bits per heavy atom. The van der Waals surface area contributed by atoms with E-state index in [1.807, 2.05) is 0 Å². The Morgan fingerprint density at radius 2 is 1.72 bits per heavy atom. The lowest BCUT2D eigenvalue weighted by Crippen LogP contribution is -2.41. The maximum atomic E-state index is 12.2. The van der Waals surface area contributed by atoms with Crippen LogP contribution in [0.3, 0.4) is 0 Å². The molecule has 0 aliphatic heterocycles. The van der Waals surface area contributed by atoms with Gasteiger partial charge >= 0.3 is 0 Å². The van der Waals surface area contributed by atoms with E-state index in [0.29, 0.717) is 24.1 Å². The highest BCUT2D eigenvalue weighted by Gasteiger charge is 2.32. The van der Waals surface area contributed by atoms with Crippen LogP contribution in [-0.2, 0) is 10.0 Å². The number of hydrogen-bond donors (Lipinski definition) is 1. The zero-order valence-corrected chi connectivity index (χ0v) is 12.0. The molecule has 2 saturated carbocycles. The monoisotopic (exact) mass is 275 g/mol. The molecular formula is C13H25NO3S. The average molecular weight is 275 g/mol. The highest BCUT2D eigenvalue weighted by atomic mass is 32.2. The van der Waals surface area contributed by atoms with Gasteiger partial charge in [0.25, 0.3) is 0 Å². The van der Waals surface area contributed by atoms with Crippen LogP contribution in [0.4, 0.5) is 0 Å². The van der Waals surface area contributed by atoms with E-state index in [2.05, 4.69) is 0 Å². The highest BCUT2D eigenvalue weighted by molar-refractivity contribution is 7.89. The maximum Gasteiger partial charge on any atom is 0.214 e. The summed E-state index contributed by atoms with van der Waals surface area (Å²) in [5.74, 6) is 1.03. The fourth-order valence-corrected chi connectivity index (χ4v) is 4.73. The first kappa shape index (κ1) is 14.3. The van der Waals surface area contributed by atoms with Crippen LogP contribution in [0.2, 0.25) is 0 Å². The van der Waals surface area contributed by atoms with Crippen molar-refractivity contribution in [1.82, 2.24) is 4.31 Å². The Bertz CT molecular complexity index is 356. The number of rotatable bonds is 5. The van der Waals surface area contributed by atoms with E-state index in [9.17, 15) is 13.5 Å². The first-order chi connectivity index (χ1) is 8.47. The van der Waals surface area contributed by atoms with Crippen molar-refractivity contribution < 1.29 is 13.5 Å². The minimum Gasteiger partial charge on any atom is -0.393 e. The van der Waals surface area contributed by atoms with Gasteiger partial charge in [-0.25, -0.2) is 12.7 Å². The molecule has 0 unspecified atom stereocenters. The molecule has 0 bridgehead atoms. The largest absolute Gasteiger partial charge is 0.393 e. The molecule has 0 aromatic carbocycles. The molecule has 0 amide bonds. The molecule has 0 aromatic heterocycles. The van der Waals surface area contributed by atoms with Crippen LogP contribution in [0, 0.1) is 11.8 Å². The lowest BCUT2D eigenvalue weighted by Gasteiger charge is -2.34. The second-order valence-electron chi connectivity index (χ2n) is 6.05. The zero-order valence-electron chi connectivity index (χ0n) is 11.2. The molecule has 106 valence electrons. The van der Waals surface area contributed by atoms with Gasteiger partial charge in [-0.1, -0.05) is 19.3 Å². The summed E-state index contributed by atoms with van der Waals surface area (Å²) in [7, 11) is -1.41. The summed E-state index contributed by atoms with van der Waals surface area (Å²) in [6.45, 7) is 0.576. The van der Waals surface area contributed by atoms with E-state index in [1.165, 1.54) is 23.6 Å². The Balaban J connectivity index is 1.81. The van der Waals surface area contributed by atoms with E-state index in [4.69, 9.17) is 0 Å². The standard InChI is InChI=1S/C13H25NO3S/c1-14(9-12-7-13(15)8-12)18(16,17)10-11-5-3-2-4-6-11/h11-13,15H,2-10H2,1H3. The van der Waals surface area contributed by atoms with Crippen molar-refractivity contribution >= 4 is 10.0 Å². The van der Waals surface area contributed by atoms with Gasteiger partial charge in [0.05, 0.1) is 11.9 Å². The molecule has 0 aromatic rings. The molecule has 4 nitrogen and oxygen atoms in total. The second-order valence-corrected chi connectivity index (χ2v) is 8.17. The molecule has 2 aliphatic carbocycles. The molecule has 0 heterocycles. The van der Waals surface area contributed by atoms with E-state index < -0.39 is 10.0 Å². The third kappa shape index (κ3) is 3.68. The van der Waals surface area contributed by atoms with Crippen molar-refractivity contribution in [3.05, 3.63) is 0 Å². The molecule has 0 saturated heterocycles. The fourth-order valence-electron chi connectivity index (χ4n) is 3.11. The van der Waals surface area contributed by atoms with Crippen LogP contribution in [-0.4, -0.2) is 43.3 Å². The molecule has 18 heavy (non-hydrogen) atoms. The van der Waals surface area contributed by atoms with Gasteiger partial charge in [-0.05, 0) is 37.5 Å². The van der Waals surface area contributed by atoms with Crippen molar-refractivity contribution in [2.75, 3.05) is 19.3 Å². The molecule has 2 aliphatic rings. The summed E-state index contributed by atoms with van der Waals surface area (Å²) < 4.78 is 26.0. The summed E-state index contributed by atoms with van der Waals surface area (Å²) >= 11 is 0. The normalized spacial score (nSPS) is 30.4. The van der Waals surface area contributed by atoms with E-state index in [0.717, 1.165) is 25.7 Å². The van der Waals surface area contributed by atoms with Gasteiger partial charge in [0.1, 0.15) is 0 Å². The van der Waals surface area contributed by atoms with Crippen LogP contribution in [0.15, 0.2) is 0 Å². The zero-order chi connectivity index (χ0) is 13.2. The molecule has 5 heteroatoms. The van der Waals surface area contributed by atoms with Crippen molar-refractivity contribution in [3.8, 4) is 0 Å². The summed E-state index contributed by atoms with van der Waals surface area (Å²) in [6.07, 6.45) is 7.05. The first-order valence-corrected chi connectivity index (χ1v) is 8.70. The number of aliphatic hydroxyl groups excluding tert-OH is 1. The lowest BCUT2D eigenvalue weighted by atomic mass is 9.82. The van der Waals surface area contributed by atoms with E-state index in [1.54, 1.807) is 7.05 Å². The van der Waals surface area contributed by atoms with Crippen LogP contribution in [0.5, 0.6) is 0 Å². The summed E-state index contributed by atoms with van der Waals surface area (Å²) in [6, 6.07) is 0. The van der Waals surface area contributed by atoms with Crippen molar-refractivity contribution in [2.24, 2.45) is 11.8 Å². The molecule has 0 atom stereocenters. The Labute approximate surface area is 110 Å². The molecule has 2 fully saturated rings. The smallest absolute Gasteiger partial charge is 0.214 e. The fraction of sp³-hybridized carbons (Fsp3) is 1.00. The van der Waals surface area contributed by atoms with Gasteiger partial charge in [0.15, 0.2) is 0 Å². The molecule has 2 rings (SSSR count). The van der Waals surface area contributed by atoms with Crippen molar-refractivity contribution in [1.29, 1.82) is 0 Å². The van der Waals surface area contributed by atoms with Crippen molar-refractivity contribution in [3.63, 3.8) is 0 Å². The highest BCUT2D eigenvalue weighted by Crippen LogP contribution is 2.29. The SMILES string of the molecule is CN(CC1CC(O)C1)S(=O)(=O)CC1CCCCC1. The van der Waals surface area contributed by atoms with Gasteiger partial charge in [0, 0.05) is 13.6 Å². The Hall–Kier alpha value is -0.130. The maximum absolute atomic E-state index is 12.2. The van der Waals surface area contributed by atoms with Crippen LogP contribution < -0.4 is 0 Å². The van der Waals surface area contributed by atoms with Gasteiger partial charge in [0.2, 0.25) is 10.0 Å². The van der Waals surface area contributed by atoms with Crippen LogP contribution in [0.1, 0.15) is 44.9 Å². The third-order valence-electron chi connectivity index (χ3n) is 4.37. The predicted molar refractivity (Wildman–Crippen MR) is 71.7 cm³/mol. The Kier molecular flexibility index (Phi) is 4.67. The summed E-state index contributed by atoms with van der Waals surface area (Å²) in [4.78, 5) is 0. The molecule has 1 N–H and O–H groups in total. The number of aliphatic hydroxyl groups is 1. The predicted octanol–water partition coefficient (Wildman–Crippen LogP) is 1.60. The molecule has 0 radical (unpaired) electrons. The summed E-state index contributed by atoms with van der Waals surface area (Å²) in [5.41, 5.74) is 0. The molecular weight excluding hydrogens is 250 g/mol. The minimum absolute atomic E-state index is 0.204. The van der Waals surface area contributed by atoms with Gasteiger partial charge in [-0.3, -0.25) is 0 Å². The van der Waals surface area contributed by atoms with E-state index >= 15 is 0 Å².